The van der Waals surface area contributed by atoms with Crippen LogP contribution in [0.2, 0.25) is 0 Å². The van der Waals surface area contributed by atoms with Gasteiger partial charge in [-0.1, -0.05) is 49.4 Å². The summed E-state index contributed by atoms with van der Waals surface area (Å²) < 4.78 is 5.47. The van der Waals surface area contributed by atoms with E-state index >= 15 is 0 Å². The standard InChI is InChI=1S/C20H24N2OS/c1-4-14-23-18-12-10-17(11-13-18)21-20(24)22-19(5-2)16-8-6-15(3)7-9-16/h4,6-13,19H,1,5,14H2,2-3H3,(H2,21,22,24)/t19-/m0/s1. The van der Waals surface area contributed by atoms with E-state index in [-0.39, 0.29) is 6.04 Å². The van der Waals surface area contributed by atoms with Crippen LogP contribution in [-0.2, 0) is 0 Å². The zero-order chi connectivity index (χ0) is 17.4. The maximum atomic E-state index is 5.47. The summed E-state index contributed by atoms with van der Waals surface area (Å²) in [6.45, 7) is 8.37. The molecule has 3 nitrogen and oxygen atoms in total. The lowest BCUT2D eigenvalue weighted by molar-refractivity contribution is 0.363. The highest BCUT2D eigenvalue weighted by molar-refractivity contribution is 7.80. The number of hydrogen-bond acceptors (Lipinski definition) is 2. The van der Waals surface area contributed by atoms with Gasteiger partial charge in [0.25, 0.3) is 0 Å². The molecule has 0 amide bonds. The highest BCUT2D eigenvalue weighted by atomic mass is 32.1. The zero-order valence-electron chi connectivity index (χ0n) is 14.2. The Kier molecular flexibility index (Phi) is 6.82. The predicted molar refractivity (Wildman–Crippen MR) is 106 cm³/mol. The maximum Gasteiger partial charge on any atom is 0.171 e. The quantitative estimate of drug-likeness (QED) is 0.549. The fraction of sp³-hybridized carbons (Fsp3) is 0.250. The molecule has 126 valence electrons. The van der Waals surface area contributed by atoms with E-state index in [1.54, 1.807) is 6.08 Å². The van der Waals surface area contributed by atoms with Crippen LogP contribution in [0.15, 0.2) is 61.2 Å². The van der Waals surface area contributed by atoms with Gasteiger partial charge in [-0.05, 0) is 55.4 Å². The number of ether oxygens (including phenoxy) is 1. The minimum absolute atomic E-state index is 0.195. The van der Waals surface area contributed by atoms with Gasteiger partial charge in [0, 0.05) is 5.69 Å². The van der Waals surface area contributed by atoms with Crippen LogP contribution < -0.4 is 15.4 Å². The average Bonchev–Trinajstić information content (AvgIpc) is 2.60. The van der Waals surface area contributed by atoms with Gasteiger partial charge in [0.1, 0.15) is 12.4 Å². The summed E-state index contributed by atoms with van der Waals surface area (Å²) in [7, 11) is 0. The summed E-state index contributed by atoms with van der Waals surface area (Å²) in [6.07, 6.45) is 2.68. The first kappa shape index (κ1) is 18.0. The molecule has 0 saturated heterocycles. The number of aryl methyl sites for hydroxylation is 1. The molecule has 0 fully saturated rings. The van der Waals surface area contributed by atoms with E-state index in [1.807, 2.05) is 24.3 Å². The molecular formula is C20H24N2OS. The Morgan fingerprint density at radius 3 is 2.42 bits per heavy atom. The van der Waals surface area contributed by atoms with Gasteiger partial charge in [-0.2, -0.15) is 0 Å². The number of hydrogen-bond donors (Lipinski definition) is 2. The van der Waals surface area contributed by atoms with Crippen molar-refractivity contribution in [1.82, 2.24) is 5.32 Å². The molecule has 0 spiro atoms. The highest BCUT2D eigenvalue weighted by Crippen LogP contribution is 2.19. The molecule has 2 N–H and O–H groups in total. The van der Waals surface area contributed by atoms with Crippen molar-refractivity contribution in [2.75, 3.05) is 11.9 Å². The summed E-state index contributed by atoms with van der Waals surface area (Å²) in [4.78, 5) is 0. The van der Waals surface area contributed by atoms with Gasteiger partial charge in [0.2, 0.25) is 0 Å². The van der Waals surface area contributed by atoms with E-state index < -0.39 is 0 Å². The second-order valence-corrected chi connectivity index (χ2v) is 6.00. The minimum atomic E-state index is 0.195. The fourth-order valence-corrected chi connectivity index (χ4v) is 2.60. The first-order valence-corrected chi connectivity index (χ1v) is 8.51. The number of benzene rings is 2. The molecule has 0 aliphatic rings. The number of anilines is 1. The van der Waals surface area contributed by atoms with Gasteiger partial charge < -0.3 is 15.4 Å². The van der Waals surface area contributed by atoms with Crippen molar-refractivity contribution in [3.8, 4) is 5.75 Å². The van der Waals surface area contributed by atoms with Crippen LogP contribution in [0.3, 0.4) is 0 Å². The van der Waals surface area contributed by atoms with E-state index in [2.05, 4.69) is 55.3 Å². The lowest BCUT2D eigenvalue weighted by atomic mass is 10.0. The Bertz CT molecular complexity index is 665. The van der Waals surface area contributed by atoms with Gasteiger partial charge in [-0.3, -0.25) is 0 Å². The summed E-state index contributed by atoms with van der Waals surface area (Å²) in [5.41, 5.74) is 3.42. The summed E-state index contributed by atoms with van der Waals surface area (Å²) in [5.74, 6) is 0.811. The molecule has 1 atom stereocenters. The average molecular weight is 340 g/mol. The normalized spacial score (nSPS) is 11.4. The summed E-state index contributed by atoms with van der Waals surface area (Å²) in [5, 5.41) is 7.20. The van der Waals surface area contributed by atoms with Crippen molar-refractivity contribution in [2.24, 2.45) is 0 Å². The van der Waals surface area contributed by atoms with E-state index in [0.717, 1.165) is 17.9 Å². The summed E-state index contributed by atoms with van der Waals surface area (Å²) >= 11 is 5.44. The van der Waals surface area contributed by atoms with Crippen LogP contribution in [-0.4, -0.2) is 11.7 Å². The fourth-order valence-electron chi connectivity index (χ4n) is 2.33. The van der Waals surface area contributed by atoms with Crippen molar-refractivity contribution >= 4 is 23.0 Å². The molecule has 2 aromatic carbocycles. The van der Waals surface area contributed by atoms with Crippen LogP contribution in [0.5, 0.6) is 5.75 Å². The SMILES string of the molecule is C=CCOc1ccc(NC(=S)N[C@@H](CC)c2ccc(C)cc2)cc1. The molecule has 0 bridgehead atoms. The first-order chi connectivity index (χ1) is 11.6. The van der Waals surface area contributed by atoms with Crippen molar-refractivity contribution in [3.63, 3.8) is 0 Å². The molecule has 2 aromatic rings. The monoisotopic (exact) mass is 340 g/mol. The van der Waals surface area contributed by atoms with Crippen molar-refractivity contribution < 1.29 is 4.74 Å². The third kappa shape index (κ3) is 5.39. The van der Waals surface area contributed by atoms with Gasteiger partial charge in [-0.25, -0.2) is 0 Å². The third-order valence-corrected chi connectivity index (χ3v) is 3.89. The molecule has 0 aromatic heterocycles. The largest absolute Gasteiger partial charge is 0.490 e. The molecule has 0 aliphatic carbocycles. The third-order valence-electron chi connectivity index (χ3n) is 3.67. The molecule has 2 rings (SSSR count). The maximum absolute atomic E-state index is 5.47. The molecule has 0 aliphatic heterocycles. The molecular weight excluding hydrogens is 316 g/mol. The predicted octanol–water partition coefficient (Wildman–Crippen LogP) is 5.00. The molecule has 24 heavy (non-hydrogen) atoms. The molecule has 0 radical (unpaired) electrons. The minimum Gasteiger partial charge on any atom is -0.490 e. The Morgan fingerprint density at radius 2 is 1.83 bits per heavy atom. The Hall–Kier alpha value is -2.33. The van der Waals surface area contributed by atoms with E-state index in [1.165, 1.54) is 11.1 Å². The number of nitrogens with one attached hydrogen (secondary N) is 2. The van der Waals surface area contributed by atoms with Crippen molar-refractivity contribution in [2.45, 2.75) is 26.3 Å². The number of thiocarbonyl (C=S) groups is 1. The lowest BCUT2D eigenvalue weighted by Crippen LogP contribution is -2.32. The van der Waals surface area contributed by atoms with Crippen molar-refractivity contribution in [1.29, 1.82) is 0 Å². The van der Waals surface area contributed by atoms with Gasteiger partial charge in [-0.15, -0.1) is 0 Å². The molecule has 0 saturated carbocycles. The number of rotatable bonds is 7. The smallest absolute Gasteiger partial charge is 0.171 e. The van der Waals surface area contributed by atoms with Crippen molar-refractivity contribution in [3.05, 3.63) is 72.3 Å². The van der Waals surface area contributed by atoms with E-state index in [4.69, 9.17) is 17.0 Å². The lowest BCUT2D eigenvalue weighted by Gasteiger charge is -2.20. The van der Waals surface area contributed by atoms with Gasteiger partial charge in [0.05, 0.1) is 6.04 Å². The van der Waals surface area contributed by atoms with Crippen LogP contribution >= 0.6 is 12.2 Å². The molecule has 4 heteroatoms. The van der Waals surface area contributed by atoms with Crippen LogP contribution in [0.25, 0.3) is 0 Å². The van der Waals surface area contributed by atoms with E-state index in [9.17, 15) is 0 Å². The second-order valence-electron chi connectivity index (χ2n) is 5.59. The molecule has 0 unspecified atom stereocenters. The summed E-state index contributed by atoms with van der Waals surface area (Å²) in [6, 6.07) is 16.4. The second kappa shape index (κ2) is 9.08. The first-order valence-electron chi connectivity index (χ1n) is 8.10. The van der Waals surface area contributed by atoms with Gasteiger partial charge in [0.15, 0.2) is 5.11 Å². The highest BCUT2D eigenvalue weighted by Gasteiger charge is 2.10. The topological polar surface area (TPSA) is 33.3 Å². The Balaban J connectivity index is 1.93. The van der Waals surface area contributed by atoms with Crippen LogP contribution in [0.1, 0.15) is 30.5 Å². The van der Waals surface area contributed by atoms with Crippen LogP contribution in [0.4, 0.5) is 5.69 Å². The Labute approximate surface area is 149 Å². The molecule has 0 heterocycles. The zero-order valence-corrected chi connectivity index (χ0v) is 15.0. The van der Waals surface area contributed by atoms with E-state index in [0.29, 0.717) is 11.7 Å². The van der Waals surface area contributed by atoms with Crippen LogP contribution in [0, 0.1) is 6.92 Å². The Morgan fingerprint density at radius 1 is 1.17 bits per heavy atom. The van der Waals surface area contributed by atoms with Gasteiger partial charge >= 0.3 is 0 Å².